The topological polar surface area (TPSA) is 30.7 Å². The highest BCUT2D eigenvalue weighted by Gasteiger charge is 2.01. The Morgan fingerprint density at radius 1 is 1.43 bits per heavy atom. The molecule has 3 nitrogen and oxygen atoms in total. The fourth-order valence-corrected chi connectivity index (χ4v) is 1.76. The van der Waals surface area contributed by atoms with Gasteiger partial charge >= 0.3 is 0 Å². The predicted molar refractivity (Wildman–Crippen MR) is 63.3 cm³/mol. The lowest BCUT2D eigenvalue weighted by molar-refractivity contribution is 0.686. The molecule has 0 N–H and O–H groups in total. The van der Waals surface area contributed by atoms with E-state index >= 15 is 0 Å². The third-order valence-corrected chi connectivity index (χ3v) is 2.69. The number of pyridine rings is 1. The lowest BCUT2D eigenvalue weighted by Gasteiger charge is -2.02. The van der Waals surface area contributed by atoms with Crippen molar-refractivity contribution in [1.82, 2.24) is 14.8 Å². The monoisotopic (exact) mass is 319 g/mol. The van der Waals surface area contributed by atoms with Gasteiger partial charge in [-0.2, -0.15) is 5.10 Å². The molecular formula is C9H7ClIN3. The van der Waals surface area contributed by atoms with Gasteiger partial charge in [0.05, 0.1) is 21.3 Å². The molecule has 0 fully saturated rings. The van der Waals surface area contributed by atoms with Gasteiger partial charge in [-0.05, 0) is 34.2 Å². The lowest BCUT2D eigenvalue weighted by atomic mass is 10.3. The van der Waals surface area contributed by atoms with Crippen LogP contribution in [0.5, 0.6) is 0 Å². The Bertz CT molecular complexity index is 441. The van der Waals surface area contributed by atoms with Crippen LogP contribution in [0.1, 0.15) is 5.56 Å². The number of aromatic nitrogens is 3. The van der Waals surface area contributed by atoms with Gasteiger partial charge in [0.2, 0.25) is 0 Å². The van der Waals surface area contributed by atoms with Crippen molar-refractivity contribution in [1.29, 1.82) is 0 Å². The summed E-state index contributed by atoms with van der Waals surface area (Å²) in [6.07, 6.45) is 7.16. The number of nitrogens with zero attached hydrogens (tertiary/aromatic N) is 3. The van der Waals surface area contributed by atoms with Crippen molar-refractivity contribution in [3.63, 3.8) is 0 Å². The van der Waals surface area contributed by atoms with E-state index in [1.54, 1.807) is 12.4 Å². The van der Waals surface area contributed by atoms with E-state index in [-0.39, 0.29) is 0 Å². The van der Waals surface area contributed by atoms with Crippen molar-refractivity contribution < 1.29 is 0 Å². The predicted octanol–water partition coefficient (Wildman–Crippen LogP) is 2.58. The molecule has 2 heterocycles. The zero-order chi connectivity index (χ0) is 9.97. The largest absolute Gasteiger partial charge is 0.267 e. The minimum atomic E-state index is 0.679. The first-order valence-corrected chi connectivity index (χ1v) is 5.48. The van der Waals surface area contributed by atoms with E-state index in [4.69, 9.17) is 11.6 Å². The van der Waals surface area contributed by atoms with E-state index in [2.05, 4.69) is 32.7 Å². The van der Waals surface area contributed by atoms with Crippen LogP contribution in [0.15, 0.2) is 30.9 Å². The van der Waals surface area contributed by atoms with Crippen LogP contribution in [0.25, 0.3) is 0 Å². The van der Waals surface area contributed by atoms with Crippen molar-refractivity contribution in [2.45, 2.75) is 6.54 Å². The van der Waals surface area contributed by atoms with Crippen LogP contribution in [-0.2, 0) is 6.54 Å². The maximum absolute atomic E-state index is 5.98. The Hall–Kier alpha value is -0.620. The highest BCUT2D eigenvalue weighted by molar-refractivity contribution is 14.1. The van der Waals surface area contributed by atoms with Crippen molar-refractivity contribution in [3.8, 4) is 0 Å². The van der Waals surface area contributed by atoms with Gasteiger partial charge < -0.3 is 0 Å². The summed E-state index contributed by atoms with van der Waals surface area (Å²) in [5.74, 6) is 0. The first-order valence-electron chi connectivity index (χ1n) is 4.02. The molecule has 0 atom stereocenters. The normalized spacial score (nSPS) is 10.4. The van der Waals surface area contributed by atoms with Crippen LogP contribution in [0.3, 0.4) is 0 Å². The zero-order valence-corrected chi connectivity index (χ0v) is 10.1. The van der Waals surface area contributed by atoms with Gasteiger partial charge in [0.15, 0.2) is 0 Å². The molecule has 0 bridgehead atoms. The summed E-state index contributed by atoms with van der Waals surface area (Å²) in [6.45, 7) is 0.685. The van der Waals surface area contributed by atoms with E-state index in [1.165, 1.54) is 0 Å². The number of rotatable bonds is 2. The molecule has 14 heavy (non-hydrogen) atoms. The molecule has 0 amide bonds. The standard InChI is InChI=1S/C9H7ClIN3/c10-9-4-12-2-1-7(9)5-14-6-8(11)3-13-14/h1-4,6H,5H2. The highest BCUT2D eigenvalue weighted by Crippen LogP contribution is 2.14. The van der Waals surface area contributed by atoms with Gasteiger partial charge in [0, 0.05) is 18.6 Å². The van der Waals surface area contributed by atoms with Crippen LogP contribution in [0, 0.1) is 3.57 Å². The molecule has 72 valence electrons. The maximum Gasteiger partial charge on any atom is 0.0675 e. The van der Waals surface area contributed by atoms with Crippen LogP contribution in [0.2, 0.25) is 5.02 Å². The van der Waals surface area contributed by atoms with E-state index in [9.17, 15) is 0 Å². The van der Waals surface area contributed by atoms with Crippen molar-refractivity contribution in [2.24, 2.45) is 0 Å². The summed E-state index contributed by atoms with van der Waals surface area (Å²) in [5.41, 5.74) is 1.03. The Kier molecular flexibility index (Phi) is 3.02. The molecule has 0 radical (unpaired) electrons. The van der Waals surface area contributed by atoms with E-state index in [0.29, 0.717) is 11.6 Å². The summed E-state index contributed by atoms with van der Waals surface area (Å²) in [5, 5.41) is 4.86. The molecule has 0 aliphatic carbocycles. The van der Waals surface area contributed by atoms with Crippen LogP contribution in [-0.4, -0.2) is 14.8 Å². The average Bonchev–Trinajstić information content (AvgIpc) is 2.56. The Balaban J connectivity index is 2.23. The minimum absolute atomic E-state index is 0.679. The van der Waals surface area contributed by atoms with E-state index in [0.717, 1.165) is 9.13 Å². The van der Waals surface area contributed by atoms with E-state index in [1.807, 2.05) is 23.1 Å². The first-order chi connectivity index (χ1) is 6.75. The number of halogens is 2. The summed E-state index contributed by atoms with van der Waals surface area (Å²) < 4.78 is 2.97. The summed E-state index contributed by atoms with van der Waals surface area (Å²) in [4.78, 5) is 3.93. The highest BCUT2D eigenvalue weighted by atomic mass is 127. The number of hydrogen-bond donors (Lipinski definition) is 0. The molecule has 2 aromatic heterocycles. The third kappa shape index (κ3) is 2.24. The molecule has 0 aliphatic rings. The molecule has 0 saturated heterocycles. The first kappa shape index (κ1) is 9.92. The molecule has 5 heteroatoms. The van der Waals surface area contributed by atoms with Crippen molar-refractivity contribution in [2.75, 3.05) is 0 Å². The average molecular weight is 320 g/mol. The smallest absolute Gasteiger partial charge is 0.0675 e. The lowest BCUT2D eigenvalue weighted by Crippen LogP contribution is -2.00. The van der Waals surface area contributed by atoms with Crippen molar-refractivity contribution in [3.05, 3.63) is 45.0 Å². The molecule has 0 spiro atoms. The maximum atomic E-state index is 5.98. The molecule has 2 aromatic rings. The van der Waals surface area contributed by atoms with Gasteiger partial charge in [-0.1, -0.05) is 11.6 Å². The summed E-state index contributed by atoms with van der Waals surface area (Å²) in [7, 11) is 0. The van der Waals surface area contributed by atoms with Gasteiger partial charge in [-0.3, -0.25) is 9.67 Å². The fourth-order valence-electron chi connectivity index (χ4n) is 1.13. The van der Waals surface area contributed by atoms with Gasteiger partial charge in [-0.15, -0.1) is 0 Å². The quantitative estimate of drug-likeness (QED) is 0.797. The fraction of sp³-hybridized carbons (Fsp3) is 0.111. The summed E-state index contributed by atoms with van der Waals surface area (Å²) >= 11 is 8.20. The van der Waals surface area contributed by atoms with Gasteiger partial charge in [-0.25, -0.2) is 0 Å². The van der Waals surface area contributed by atoms with Crippen LogP contribution in [0.4, 0.5) is 0 Å². The second-order valence-corrected chi connectivity index (χ2v) is 4.48. The Labute approximate surface area is 100 Å². The Morgan fingerprint density at radius 2 is 2.29 bits per heavy atom. The molecule has 0 saturated carbocycles. The molecular weight excluding hydrogens is 312 g/mol. The van der Waals surface area contributed by atoms with Crippen LogP contribution < -0.4 is 0 Å². The molecule has 0 aliphatic heterocycles. The van der Waals surface area contributed by atoms with Gasteiger partial charge in [0.1, 0.15) is 0 Å². The minimum Gasteiger partial charge on any atom is -0.267 e. The van der Waals surface area contributed by atoms with Gasteiger partial charge in [0.25, 0.3) is 0 Å². The molecule has 2 rings (SSSR count). The second-order valence-electron chi connectivity index (χ2n) is 2.82. The number of hydrogen-bond acceptors (Lipinski definition) is 2. The molecule has 0 aromatic carbocycles. The second kappa shape index (κ2) is 4.27. The summed E-state index contributed by atoms with van der Waals surface area (Å²) in [6, 6.07) is 1.90. The SMILES string of the molecule is Clc1cnccc1Cn1cc(I)cn1. The third-order valence-electron chi connectivity index (χ3n) is 1.79. The van der Waals surface area contributed by atoms with E-state index < -0.39 is 0 Å². The van der Waals surface area contributed by atoms with Crippen molar-refractivity contribution >= 4 is 34.2 Å². The van der Waals surface area contributed by atoms with Crippen LogP contribution >= 0.6 is 34.2 Å². The zero-order valence-electron chi connectivity index (χ0n) is 7.19. The molecule has 0 unspecified atom stereocenters. The Morgan fingerprint density at radius 3 is 2.93 bits per heavy atom.